The van der Waals surface area contributed by atoms with E-state index >= 15 is 0 Å². The number of anilines is 2. The highest BCUT2D eigenvalue weighted by Crippen LogP contribution is 2.34. The van der Waals surface area contributed by atoms with Crippen molar-refractivity contribution in [2.75, 3.05) is 23.4 Å². The van der Waals surface area contributed by atoms with Gasteiger partial charge in [0.15, 0.2) is 6.61 Å². The number of hydrogen-bond acceptors (Lipinski definition) is 3. The minimum absolute atomic E-state index is 0.0424. The van der Waals surface area contributed by atoms with E-state index in [-0.39, 0.29) is 24.3 Å². The number of rotatable bonds is 3. The van der Waals surface area contributed by atoms with Gasteiger partial charge in [-0.3, -0.25) is 9.59 Å². The number of benzene rings is 1. The molecule has 1 N–H and O–H groups in total. The van der Waals surface area contributed by atoms with E-state index in [1.807, 2.05) is 20.8 Å². The van der Waals surface area contributed by atoms with Gasteiger partial charge in [-0.2, -0.15) is 0 Å². The van der Waals surface area contributed by atoms with Crippen molar-refractivity contribution in [3.8, 4) is 5.75 Å². The zero-order valence-electron chi connectivity index (χ0n) is 11.4. The van der Waals surface area contributed by atoms with E-state index in [0.29, 0.717) is 18.0 Å². The molecule has 5 nitrogen and oxygen atoms in total. The van der Waals surface area contributed by atoms with Gasteiger partial charge in [0.25, 0.3) is 5.91 Å². The summed E-state index contributed by atoms with van der Waals surface area (Å²) in [4.78, 5) is 25.0. The van der Waals surface area contributed by atoms with E-state index in [0.717, 1.165) is 5.69 Å². The summed E-state index contributed by atoms with van der Waals surface area (Å²) in [6, 6.07) is 5.33. The number of nitrogens with zero attached hydrogens (tertiary/aromatic N) is 1. The van der Waals surface area contributed by atoms with Crippen LogP contribution in [0.25, 0.3) is 0 Å². The van der Waals surface area contributed by atoms with Gasteiger partial charge in [-0.1, -0.05) is 13.8 Å². The van der Waals surface area contributed by atoms with Gasteiger partial charge in [0, 0.05) is 24.2 Å². The predicted molar refractivity (Wildman–Crippen MR) is 73.4 cm³/mol. The van der Waals surface area contributed by atoms with Gasteiger partial charge in [-0.25, -0.2) is 0 Å². The van der Waals surface area contributed by atoms with Gasteiger partial charge < -0.3 is 15.0 Å². The standard InChI is InChI=1S/C14H18N2O3/c1-4-16-11-6-5-10(15-14(18)9(2)3)7-12(11)19-8-13(16)17/h5-7,9H,4,8H2,1-3H3,(H,15,18). The van der Waals surface area contributed by atoms with E-state index < -0.39 is 0 Å². The van der Waals surface area contributed by atoms with Crippen LogP contribution in [0.5, 0.6) is 5.75 Å². The van der Waals surface area contributed by atoms with Gasteiger partial charge >= 0.3 is 0 Å². The average Bonchev–Trinajstić information content (AvgIpc) is 2.38. The minimum Gasteiger partial charge on any atom is -0.481 e. The van der Waals surface area contributed by atoms with Crippen LogP contribution in [0.4, 0.5) is 11.4 Å². The molecule has 0 radical (unpaired) electrons. The summed E-state index contributed by atoms with van der Waals surface area (Å²) in [5.74, 6) is 0.460. The summed E-state index contributed by atoms with van der Waals surface area (Å²) < 4.78 is 5.41. The number of nitrogens with one attached hydrogen (secondary N) is 1. The summed E-state index contributed by atoms with van der Waals surface area (Å²) in [7, 11) is 0. The first-order valence-corrected chi connectivity index (χ1v) is 6.41. The topological polar surface area (TPSA) is 58.6 Å². The van der Waals surface area contributed by atoms with Crippen LogP contribution in [0.2, 0.25) is 0 Å². The highest BCUT2D eigenvalue weighted by atomic mass is 16.5. The molecule has 2 rings (SSSR count). The molecule has 1 aromatic carbocycles. The first-order chi connectivity index (χ1) is 9.02. The molecule has 0 aromatic heterocycles. The minimum atomic E-state index is -0.0781. The van der Waals surface area contributed by atoms with Crippen LogP contribution in [0.3, 0.4) is 0 Å². The molecule has 19 heavy (non-hydrogen) atoms. The average molecular weight is 262 g/mol. The fourth-order valence-corrected chi connectivity index (χ4v) is 1.92. The Hall–Kier alpha value is -2.04. The van der Waals surface area contributed by atoms with E-state index in [9.17, 15) is 9.59 Å². The monoisotopic (exact) mass is 262 g/mol. The molecule has 5 heteroatoms. The second-order valence-electron chi connectivity index (χ2n) is 4.75. The van der Waals surface area contributed by atoms with E-state index in [1.54, 1.807) is 23.1 Å². The lowest BCUT2D eigenvalue weighted by molar-refractivity contribution is -0.121. The third kappa shape index (κ3) is 2.70. The molecule has 0 aliphatic carbocycles. The smallest absolute Gasteiger partial charge is 0.265 e. The van der Waals surface area contributed by atoms with Crippen LogP contribution in [-0.4, -0.2) is 25.0 Å². The normalized spacial score (nSPS) is 14.1. The van der Waals surface area contributed by atoms with Crippen LogP contribution in [0.1, 0.15) is 20.8 Å². The molecule has 1 aromatic rings. The predicted octanol–water partition coefficient (Wildman–Crippen LogP) is 2.03. The molecule has 2 amide bonds. The van der Waals surface area contributed by atoms with Crippen molar-refractivity contribution in [1.82, 2.24) is 0 Å². The van der Waals surface area contributed by atoms with Crippen LogP contribution in [0.15, 0.2) is 18.2 Å². The van der Waals surface area contributed by atoms with E-state index in [4.69, 9.17) is 4.74 Å². The maximum absolute atomic E-state index is 11.7. The highest BCUT2D eigenvalue weighted by molar-refractivity contribution is 5.99. The Morgan fingerprint density at radius 2 is 2.21 bits per heavy atom. The summed E-state index contributed by atoms with van der Waals surface area (Å²) in [6.07, 6.45) is 0. The number of likely N-dealkylation sites (N-methyl/N-ethyl adjacent to an activating group) is 1. The zero-order valence-corrected chi connectivity index (χ0v) is 11.4. The van der Waals surface area contributed by atoms with Crippen molar-refractivity contribution < 1.29 is 14.3 Å². The van der Waals surface area contributed by atoms with E-state index in [1.165, 1.54) is 0 Å². The lowest BCUT2D eigenvalue weighted by Gasteiger charge is -2.28. The van der Waals surface area contributed by atoms with Crippen LogP contribution < -0.4 is 15.0 Å². The Morgan fingerprint density at radius 1 is 1.47 bits per heavy atom. The molecule has 0 saturated carbocycles. The number of fused-ring (bicyclic) bond motifs is 1. The van der Waals surface area contributed by atoms with Crippen molar-refractivity contribution in [2.24, 2.45) is 5.92 Å². The molecule has 1 heterocycles. The van der Waals surface area contributed by atoms with Crippen molar-refractivity contribution in [1.29, 1.82) is 0 Å². The van der Waals surface area contributed by atoms with Gasteiger partial charge in [-0.15, -0.1) is 0 Å². The fourth-order valence-electron chi connectivity index (χ4n) is 1.92. The number of hydrogen-bond donors (Lipinski definition) is 1. The molecule has 0 bridgehead atoms. The van der Waals surface area contributed by atoms with Crippen molar-refractivity contribution in [3.05, 3.63) is 18.2 Å². The fraction of sp³-hybridized carbons (Fsp3) is 0.429. The Bertz CT molecular complexity index is 511. The summed E-state index contributed by atoms with van der Waals surface area (Å²) in [5.41, 5.74) is 1.43. The molecule has 1 aliphatic rings. The van der Waals surface area contributed by atoms with Crippen molar-refractivity contribution in [2.45, 2.75) is 20.8 Å². The Balaban J connectivity index is 2.25. The Labute approximate surface area is 112 Å². The molecule has 0 saturated heterocycles. The van der Waals surface area contributed by atoms with Crippen LogP contribution in [0, 0.1) is 5.92 Å². The Kier molecular flexibility index (Phi) is 3.74. The number of carbonyl (C=O) groups excluding carboxylic acids is 2. The maximum Gasteiger partial charge on any atom is 0.265 e. The van der Waals surface area contributed by atoms with Crippen molar-refractivity contribution in [3.63, 3.8) is 0 Å². The van der Waals surface area contributed by atoms with Gasteiger partial charge in [0.2, 0.25) is 5.91 Å². The second-order valence-corrected chi connectivity index (χ2v) is 4.75. The zero-order chi connectivity index (χ0) is 14.0. The third-order valence-corrected chi connectivity index (χ3v) is 3.01. The lowest BCUT2D eigenvalue weighted by atomic mass is 10.1. The van der Waals surface area contributed by atoms with E-state index in [2.05, 4.69) is 5.32 Å². The second kappa shape index (κ2) is 5.30. The largest absolute Gasteiger partial charge is 0.481 e. The Morgan fingerprint density at radius 3 is 2.84 bits per heavy atom. The van der Waals surface area contributed by atoms with Crippen molar-refractivity contribution >= 4 is 23.2 Å². The van der Waals surface area contributed by atoms with Gasteiger partial charge in [0.1, 0.15) is 5.75 Å². The summed E-state index contributed by atoms with van der Waals surface area (Å²) in [6.45, 7) is 6.24. The van der Waals surface area contributed by atoms with Crippen LogP contribution in [-0.2, 0) is 9.59 Å². The molecule has 1 aliphatic heterocycles. The SMILES string of the molecule is CCN1C(=O)COc2cc(NC(=O)C(C)C)ccc21. The molecular formula is C14H18N2O3. The number of carbonyl (C=O) groups is 2. The van der Waals surface area contributed by atoms with Crippen LogP contribution >= 0.6 is 0 Å². The lowest BCUT2D eigenvalue weighted by Crippen LogP contribution is -2.38. The quantitative estimate of drug-likeness (QED) is 0.906. The molecule has 0 atom stereocenters. The molecule has 102 valence electrons. The summed E-state index contributed by atoms with van der Waals surface area (Å²) in [5, 5.41) is 2.81. The molecule has 0 fully saturated rings. The molecule has 0 spiro atoms. The first kappa shape index (κ1) is 13.4. The number of ether oxygens (including phenoxy) is 1. The first-order valence-electron chi connectivity index (χ1n) is 6.41. The van der Waals surface area contributed by atoms with Gasteiger partial charge in [0.05, 0.1) is 5.69 Å². The number of amides is 2. The maximum atomic E-state index is 11.7. The highest BCUT2D eigenvalue weighted by Gasteiger charge is 2.24. The molecule has 0 unspecified atom stereocenters. The van der Waals surface area contributed by atoms with Gasteiger partial charge in [-0.05, 0) is 19.1 Å². The molecular weight excluding hydrogens is 244 g/mol. The summed E-state index contributed by atoms with van der Waals surface area (Å²) >= 11 is 0. The third-order valence-electron chi connectivity index (χ3n) is 3.01.